The molecule has 0 radical (unpaired) electrons. The minimum atomic E-state index is -3.87. The topological polar surface area (TPSA) is 98.5 Å². The quantitative estimate of drug-likeness (QED) is 0.784. The molecule has 0 fully saturated rings. The maximum absolute atomic E-state index is 12.4. The van der Waals surface area contributed by atoms with Crippen LogP contribution in [0.25, 0.3) is 0 Å². The van der Waals surface area contributed by atoms with E-state index in [-0.39, 0.29) is 22.3 Å². The molecule has 6 nitrogen and oxygen atoms in total. The van der Waals surface area contributed by atoms with Gasteiger partial charge in [0.15, 0.2) is 0 Å². The number of halogens is 1. The van der Waals surface area contributed by atoms with Gasteiger partial charge in [-0.15, -0.1) is 0 Å². The van der Waals surface area contributed by atoms with Crippen LogP contribution in [0, 0.1) is 5.92 Å². The highest BCUT2D eigenvalue weighted by Crippen LogP contribution is 2.26. The maximum atomic E-state index is 12.4. The van der Waals surface area contributed by atoms with Gasteiger partial charge in [-0.05, 0) is 52.2 Å². The third kappa shape index (κ3) is 4.20. The van der Waals surface area contributed by atoms with Gasteiger partial charge in [-0.1, -0.05) is 18.2 Å². The first kappa shape index (κ1) is 17.9. The van der Waals surface area contributed by atoms with Gasteiger partial charge in [-0.25, -0.2) is 13.6 Å². The van der Waals surface area contributed by atoms with E-state index in [0.29, 0.717) is 17.6 Å². The number of nitrogens with one attached hydrogen (secondary N) is 1. The maximum Gasteiger partial charge on any atom is 0.252 e. The lowest BCUT2D eigenvalue weighted by molar-refractivity contribution is 0.0938. The first-order valence-corrected chi connectivity index (χ1v) is 10.00. The van der Waals surface area contributed by atoms with Crippen molar-refractivity contribution in [3.05, 3.63) is 58.1 Å². The molecular formula is C17H17BrN2O4S. The van der Waals surface area contributed by atoms with Gasteiger partial charge in [0.2, 0.25) is 10.0 Å². The monoisotopic (exact) mass is 424 g/mol. The average molecular weight is 425 g/mol. The van der Waals surface area contributed by atoms with E-state index in [1.807, 2.05) is 24.3 Å². The molecule has 1 heterocycles. The second-order valence-corrected chi connectivity index (χ2v) is 8.30. The van der Waals surface area contributed by atoms with Crippen molar-refractivity contribution in [2.75, 3.05) is 13.2 Å². The highest BCUT2D eigenvalue weighted by molar-refractivity contribution is 9.10. The number of rotatable bonds is 4. The number of carbonyl (C=O) groups excluding carboxylic acids is 1. The molecule has 1 amide bonds. The van der Waals surface area contributed by atoms with Gasteiger partial charge in [0.05, 0.1) is 17.1 Å². The summed E-state index contributed by atoms with van der Waals surface area (Å²) in [4.78, 5) is 12.3. The number of sulfonamides is 1. The normalized spacial score (nSPS) is 16.6. The molecule has 25 heavy (non-hydrogen) atoms. The fraction of sp³-hybridized carbons (Fsp3) is 0.235. The Balaban J connectivity index is 1.68. The molecule has 0 saturated carbocycles. The van der Waals surface area contributed by atoms with Gasteiger partial charge < -0.3 is 10.1 Å². The summed E-state index contributed by atoms with van der Waals surface area (Å²) >= 11 is 3.26. The number of para-hydroxylation sites is 1. The van der Waals surface area contributed by atoms with Crippen molar-refractivity contribution in [2.45, 2.75) is 11.3 Å². The van der Waals surface area contributed by atoms with Crippen molar-refractivity contribution in [2.24, 2.45) is 11.1 Å². The summed E-state index contributed by atoms with van der Waals surface area (Å²) in [7, 11) is -3.87. The highest BCUT2D eigenvalue weighted by Gasteiger charge is 2.21. The minimum Gasteiger partial charge on any atom is -0.493 e. The second-order valence-electron chi connectivity index (χ2n) is 5.89. The van der Waals surface area contributed by atoms with E-state index in [2.05, 4.69) is 21.2 Å². The lowest BCUT2D eigenvalue weighted by Gasteiger charge is -2.25. The molecule has 2 aromatic rings. The number of fused-ring (bicyclic) bond motifs is 1. The number of amides is 1. The second kappa shape index (κ2) is 7.15. The zero-order valence-corrected chi connectivity index (χ0v) is 15.6. The molecule has 132 valence electrons. The minimum absolute atomic E-state index is 0.101. The number of hydrogen-bond donors (Lipinski definition) is 2. The van der Waals surface area contributed by atoms with E-state index in [1.54, 1.807) is 0 Å². The molecule has 1 atom stereocenters. The zero-order chi connectivity index (χ0) is 18.0. The van der Waals surface area contributed by atoms with Crippen molar-refractivity contribution in [3.8, 4) is 5.75 Å². The third-order valence-corrected chi connectivity index (χ3v) is 5.62. The Morgan fingerprint density at radius 1 is 1.28 bits per heavy atom. The summed E-state index contributed by atoms with van der Waals surface area (Å²) < 4.78 is 29.1. The summed E-state index contributed by atoms with van der Waals surface area (Å²) in [5.74, 6) is 0.670. The Morgan fingerprint density at radius 3 is 2.80 bits per heavy atom. The van der Waals surface area contributed by atoms with Gasteiger partial charge in [0, 0.05) is 16.9 Å². The third-order valence-electron chi connectivity index (χ3n) is 4.02. The summed E-state index contributed by atoms with van der Waals surface area (Å²) in [6.45, 7) is 0.953. The lowest BCUT2D eigenvalue weighted by Crippen LogP contribution is -2.35. The first-order chi connectivity index (χ1) is 11.8. The molecule has 1 aliphatic heterocycles. The van der Waals surface area contributed by atoms with Crippen LogP contribution in [0.1, 0.15) is 15.9 Å². The van der Waals surface area contributed by atoms with Crippen LogP contribution in [0.4, 0.5) is 0 Å². The van der Waals surface area contributed by atoms with E-state index >= 15 is 0 Å². The standard InChI is InChI=1S/C17H17BrN2O4S/c18-15-6-5-13(25(19,22)23)8-14(15)17(21)20-9-11-7-12-3-1-2-4-16(12)24-10-11/h1-6,8,11H,7,9-10H2,(H,20,21)(H2,19,22,23). The number of carbonyl (C=O) groups is 1. The fourth-order valence-corrected chi connectivity index (χ4v) is 3.68. The van der Waals surface area contributed by atoms with Gasteiger partial charge >= 0.3 is 0 Å². The summed E-state index contributed by atoms with van der Waals surface area (Å²) in [6.07, 6.45) is 0.814. The molecule has 0 saturated heterocycles. The molecule has 0 aliphatic carbocycles. The number of ether oxygens (including phenoxy) is 1. The van der Waals surface area contributed by atoms with Crippen LogP contribution in [0.2, 0.25) is 0 Å². The van der Waals surface area contributed by atoms with Crippen LogP contribution in [0.3, 0.4) is 0 Å². The molecular weight excluding hydrogens is 408 g/mol. The van der Waals surface area contributed by atoms with E-state index in [0.717, 1.165) is 17.7 Å². The molecule has 1 unspecified atom stereocenters. The molecule has 1 aliphatic rings. The van der Waals surface area contributed by atoms with Gasteiger partial charge in [-0.3, -0.25) is 4.79 Å². The fourth-order valence-electron chi connectivity index (χ4n) is 2.71. The Morgan fingerprint density at radius 2 is 2.04 bits per heavy atom. The molecule has 0 bridgehead atoms. The van der Waals surface area contributed by atoms with Crippen LogP contribution < -0.4 is 15.2 Å². The Hall–Kier alpha value is -1.90. The summed E-state index contributed by atoms with van der Waals surface area (Å²) in [5, 5.41) is 7.96. The highest BCUT2D eigenvalue weighted by atomic mass is 79.9. The molecule has 8 heteroatoms. The number of nitrogens with two attached hydrogens (primary N) is 1. The summed E-state index contributed by atoms with van der Waals surface area (Å²) in [5.41, 5.74) is 1.34. The van der Waals surface area contributed by atoms with Crippen molar-refractivity contribution in [1.82, 2.24) is 5.32 Å². The van der Waals surface area contributed by atoms with E-state index in [4.69, 9.17) is 9.88 Å². The van der Waals surface area contributed by atoms with Crippen LogP contribution in [-0.4, -0.2) is 27.5 Å². The number of benzene rings is 2. The van der Waals surface area contributed by atoms with Crippen LogP contribution in [0.5, 0.6) is 5.75 Å². The SMILES string of the molecule is NS(=O)(=O)c1ccc(Br)c(C(=O)NCC2COc3ccccc3C2)c1. The largest absolute Gasteiger partial charge is 0.493 e. The van der Waals surface area contributed by atoms with Gasteiger partial charge in [0.25, 0.3) is 5.91 Å². The lowest BCUT2D eigenvalue weighted by atomic mass is 9.96. The van der Waals surface area contributed by atoms with Gasteiger partial charge in [-0.2, -0.15) is 0 Å². The average Bonchev–Trinajstić information content (AvgIpc) is 2.59. The van der Waals surface area contributed by atoms with Crippen molar-refractivity contribution in [3.63, 3.8) is 0 Å². The number of primary sulfonamides is 1. The first-order valence-electron chi connectivity index (χ1n) is 7.66. The predicted octanol–water partition coefficient (Wildman–Crippen LogP) is 2.08. The molecule has 0 aromatic heterocycles. The summed E-state index contributed by atoms with van der Waals surface area (Å²) in [6, 6.07) is 11.9. The van der Waals surface area contributed by atoms with Crippen molar-refractivity contribution < 1.29 is 17.9 Å². The number of hydrogen-bond acceptors (Lipinski definition) is 4. The Labute approximate surface area is 154 Å². The van der Waals surface area contributed by atoms with Gasteiger partial charge in [0.1, 0.15) is 5.75 Å². The molecule has 0 spiro atoms. The van der Waals surface area contributed by atoms with Crippen LogP contribution >= 0.6 is 15.9 Å². The van der Waals surface area contributed by atoms with E-state index in [1.165, 1.54) is 18.2 Å². The molecule has 3 rings (SSSR count). The zero-order valence-electron chi connectivity index (χ0n) is 13.2. The van der Waals surface area contributed by atoms with Crippen LogP contribution in [-0.2, 0) is 16.4 Å². The van der Waals surface area contributed by atoms with Crippen LogP contribution in [0.15, 0.2) is 51.8 Å². The van der Waals surface area contributed by atoms with Crippen molar-refractivity contribution in [1.29, 1.82) is 0 Å². The van der Waals surface area contributed by atoms with Crippen molar-refractivity contribution >= 4 is 31.9 Å². The predicted molar refractivity (Wildman–Crippen MR) is 97.0 cm³/mol. The smallest absolute Gasteiger partial charge is 0.252 e. The molecule has 3 N–H and O–H groups in total. The van der Waals surface area contributed by atoms with E-state index in [9.17, 15) is 13.2 Å². The Kier molecular flexibility index (Phi) is 5.12. The molecule has 2 aromatic carbocycles. The Bertz CT molecular complexity index is 915. The van der Waals surface area contributed by atoms with E-state index < -0.39 is 10.0 Å².